The zero-order valence-corrected chi connectivity index (χ0v) is 15.6. The number of likely N-dealkylation sites (tertiary alicyclic amines) is 1. The number of amides is 1. The van der Waals surface area contributed by atoms with Gasteiger partial charge in [0, 0.05) is 28.9 Å². The Bertz CT molecular complexity index is 959. The fraction of sp³-hybridized carbons (Fsp3) is 0.389. The first-order valence-corrected chi connectivity index (χ1v) is 10.2. The predicted molar refractivity (Wildman–Crippen MR) is 102 cm³/mol. The van der Waals surface area contributed by atoms with Crippen LogP contribution in [0.2, 0.25) is 0 Å². The summed E-state index contributed by atoms with van der Waals surface area (Å²) in [5.74, 6) is 0.528. The minimum Gasteiger partial charge on any atom is -0.341 e. The van der Waals surface area contributed by atoms with Crippen molar-refractivity contribution in [3.63, 3.8) is 0 Å². The zero-order chi connectivity index (χ0) is 17.4. The van der Waals surface area contributed by atoms with Gasteiger partial charge in [-0.25, -0.2) is 4.98 Å². The monoisotopic (exact) mass is 373 g/mol. The molecular weight excluding hydrogens is 354 g/mol. The smallest absolute Gasteiger partial charge is 0.263 e. The molecule has 0 radical (unpaired) electrons. The Morgan fingerprint density at radius 3 is 3.04 bits per heavy atom. The number of aromatic nitrogens is 2. The molecule has 4 rings (SSSR count). The van der Waals surface area contributed by atoms with Crippen LogP contribution in [-0.2, 0) is 11.3 Å². The van der Waals surface area contributed by atoms with Crippen molar-refractivity contribution in [2.24, 2.45) is 5.92 Å². The van der Waals surface area contributed by atoms with Crippen LogP contribution in [0.1, 0.15) is 19.8 Å². The maximum absolute atomic E-state index is 13.0. The molecule has 5 nitrogen and oxygen atoms in total. The second kappa shape index (κ2) is 6.72. The lowest BCUT2D eigenvalue weighted by molar-refractivity contribution is -0.133. The summed E-state index contributed by atoms with van der Waals surface area (Å²) in [4.78, 5) is 33.6. The highest BCUT2D eigenvalue weighted by atomic mass is 32.1. The van der Waals surface area contributed by atoms with E-state index in [4.69, 9.17) is 0 Å². The number of carbonyl (C=O) groups is 1. The Kier molecular flexibility index (Phi) is 4.43. The summed E-state index contributed by atoms with van der Waals surface area (Å²) in [6.07, 6.45) is 3.70. The van der Waals surface area contributed by atoms with Crippen LogP contribution < -0.4 is 5.56 Å². The van der Waals surface area contributed by atoms with Gasteiger partial charge in [0.2, 0.25) is 5.91 Å². The van der Waals surface area contributed by atoms with E-state index in [0.29, 0.717) is 11.3 Å². The number of carbonyl (C=O) groups excluding carboxylic acids is 1. The number of piperidine rings is 1. The first-order valence-electron chi connectivity index (χ1n) is 8.42. The average Bonchev–Trinajstić information content (AvgIpc) is 3.26. The largest absolute Gasteiger partial charge is 0.341 e. The van der Waals surface area contributed by atoms with Gasteiger partial charge in [0.15, 0.2) is 0 Å². The van der Waals surface area contributed by atoms with Crippen molar-refractivity contribution in [3.05, 3.63) is 39.6 Å². The van der Waals surface area contributed by atoms with Crippen LogP contribution in [0.3, 0.4) is 0 Å². The van der Waals surface area contributed by atoms with E-state index in [1.165, 1.54) is 22.2 Å². The van der Waals surface area contributed by atoms with Crippen LogP contribution in [-0.4, -0.2) is 33.4 Å². The fourth-order valence-electron chi connectivity index (χ4n) is 3.35. The molecule has 130 valence electrons. The molecule has 1 unspecified atom stereocenters. The van der Waals surface area contributed by atoms with E-state index in [1.54, 1.807) is 11.3 Å². The van der Waals surface area contributed by atoms with Gasteiger partial charge < -0.3 is 4.90 Å². The average molecular weight is 374 g/mol. The van der Waals surface area contributed by atoms with Gasteiger partial charge in [0.1, 0.15) is 11.4 Å². The summed E-state index contributed by atoms with van der Waals surface area (Å²) < 4.78 is 1.45. The van der Waals surface area contributed by atoms with Crippen molar-refractivity contribution in [3.8, 4) is 10.4 Å². The van der Waals surface area contributed by atoms with E-state index in [1.807, 2.05) is 27.8 Å². The summed E-state index contributed by atoms with van der Waals surface area (Å²) >= 11 is 3.07. The van der Waals surface area contributed by atoms with Gasteiger partial charge in [-0.15, -0.1) is 22.7 Å². The molecule has 0 spiro atoms. The second-order valence-corrected chi connectivity index (χ2v) is 8.38. The maximum atomic E-state index is 13.0. The Balaban J connectivity index is 1.66. The molecule has 1 saturated heterocycles. The molecule has 1 aliphatic rings. The van der Waals surface area contributed by atoms with Crippen LogP contribution in [0.15, 0.2) is 34.0 Å². The summed E-state index contributed by atoms with van der Waals surface area (Å²) in [5, 5.41) is 4.59. The van der Waals surface area contributed by atoms with Crippen molar-refractivity contribution in [2.75, 3.05) is 13.1 Å². The van der Waals surface area contributed by atoms with E-state index < -0.39 is 0 Å². The molecule has 0 saturated carbocycles. The molecule has 0 aliphatic carbocycles. The van der Waals surface area contributed by atoms with E-state index >= 15 is 0 Å². The predicted octanol–water partition coefficient (Wildman–Crippen LogP) is 3.45. The lowest BCUT2D eigenvalue weighted by Crippen LogP contribution is -2.42. The van der Waals surface area contributed by atoms with Crippen molar-refractivity contribution < 1.29 is 4.79 Å². The van der Waals surface area contributed by atoms with Crippen LogP contribution in [0.25, 0.3) is 20.7 Å². The molecule has 0 bridgehead atoms. The van der Waals surface area contributed by atoms with Crippen molar-refractivity contribution in [1.29, 1.82) is 0 Å². The van der Waals surface area contributed by atoms with Crippen LogP contribution in [0, 0.1) is 5.92 Å². The Morgan fingerprint density at radius 1 is 1.40 bits per heavy atom. The normalized spacial score (nSPS) is 18.0. The highest BCUT2D eigenvalue weighted by Gasteiger charge is 2.22. The van der Waals surface area contributed by atoms with E-state index in [2.05, 4.69) is 11.9 Å². The second-order valence-electron chi connectivity index (χ2n) is 6.57. The molecule has 0 aromatic carbocycles. The van der Waals surface area contributed by atoms with Gasteiger partial charge in [-0.05, 0) is 30.2 Å². The summed E-state index contributed by atoms with van der Waals surface area (Å²) in [6, 6.07) is 3.97. The number of fused-ring (bicyclic) bond motifs is 1. The van der Waals surface area contributed by atoms with Crippen molar-refractivity contribution in [2.45, 2.75) is 26.3 Å². The van der Waals surface area contributed by atoms with Crippen LogP contribution in [0.4, 0.5) is 0 Å². The van der Waals surface area contributed by atoms with Gasteiger partial charge in [0.25, 0.3) is 5.56 Å². The molecule has 25 heavy (non-hydrogen) atoms. The van der Waals surface area contributed by atoms with E-state index in [0.717, 1.165) is 41.2 Å². The highest BCUT2D eigenvalue weighted by Crippen LogP contribution is 2.33. The lowest BCUT2D eigenvalue weighted by Gasteiger charge is -2.31. The standard InChI is InChI=1S/C18H19N3O2S2/c1-12-4-2-6-20(8-12)15(22)9-21-11-19-17-16(18(21)23)13(10-25-17)14-5-3-7-24-14/h3,5,7,10-12H,2,4,6,8-9H2,1H3. The van der Waals surface area contributed by atoms with Crippen molar-refractivity contribution in [1.82, 2.24) is 14.5 Å². The maximum Gasteiger partial charge on any atom is 0.263 e. The molecule has 4 heterocycles. The quantitative estimate of drug-likeness (QED) is 0.707. The Hall–Kier alpha value is -1.99. The number of rotatable bonds is 3. The minimum atomic E-state index is -0.131. The number of hydrogen-bond acceptors (Lipinski definition) is 5. The van der Waals surface area contributed by atoms with Gasteiger partial charge in [-0.3, -0.25) is 14.2 Å². The molecule has 1 atom stereocenters. The third-order valence-electron chi connectivity index (χ3n) is 4.66. The topological polar surface area (TPSA) is 55.2 Å². The number of hydrogen-bond donors (Lipinski definition) is 0. The van der Waals surface area contributed by atoms with Crippen molar-refractivity contribution >= 4 is 38.8 Å². The molecular formula is C18H19N3O2S2. The molecule has 7 heteroatoms. The molecule has 1 amide bonds. The van der Waals surface area contributed by atoms with Gasteiger partial charge in [-0.1, -0.05) is 13.0 Å². The molecule has 3 aromatic heterocycles. The van der Waals surface area contributed by atoms with Crippen LogP contribution >= 0.6 is 22.7 Å². The first kappa shape index (κ1) is 16.5. The fourth-order valence-corrected chi connectivity index (χ4v) is 5.08. The number of nitrogens with zero attached hydrogens (tertiary/aromatic N) is 3. The number of thiophene rings is 2. The minimum absolute atomic E-state index is 0.00250. The lowest BCUT2D eigenvalue weighted by atomic mass is 10.0. The Labute approximate surface area is 153 Å². The SMILES string of the molecule is CC1CCCN(C(=O)Cn2cnc3scc(-c4cccs4)c3c2=O)C1. The van der Waals surface area contributed by atoms with Crippen LogP contribution in [0.5, 0.6) is 0 Å². The molecule has 0 N–H and O–H groups in total. The van der Waals surface area contributed by atoms with Gasteiger partial charge in [0.05, 0.1) is 11.7 Å². The zero-order valence-electron chi connectivity index (χ0n) is 14.0. The van der Waals surface area contributed by atoms with Gasteiger partial charge >= 0.3 is 0 Å². The van der Waals surface area contributed by atoms with E-state index in [-0.39, 0.29) is 18.0 Å². The third kappa shape index (κ3) is 3.14. The van der Waals surface area contributed by atoms with E-state index in [9.17, 15) is 9.59 Å². The Morgan fingerprint density at radius 2 is 2.28 bits per heavy atom. The highest BCUT2D eigenvalue weighted by molar-refractivity contribution is 7.18. The third-order valence-corrected chi connectivity index (χ3v) is 6.45. The summed E-state index contributed by atoms with van der Waals surface area (Å²) in [7, 11) is 0. The first-order chi connectivity index (χ1) is 12.1. The molecule has 3 aromatic rings. The summed E-state index contributed by atoms with van der Waals surface area (Å²) in [6.45, 7) is 3.79. The van der Waals surface area contributed by atoms with Gasteiger partial charge in [-0.2, -0.15) is 0 Å². The molecule has 1 aliphatic heterocycles. The molecule has 1 fully saturated rings. The summed E-state index contributed by atoms with van der Waals surface area (Å²) in [5.41, 5.74) is 0.786.